The van der Waals surface area contributed by atoms with Crippen LogP contribution < -0.4 is 10.1 Å². The molecule has 1 aromatic carbocycles. The Kier molecular flexibility index (Phi) is 5.10. The summed E-state index contributed by atoms with van der Waals surface area (Å²) in [6.07, 6.45) is 2.55. The quantitative estimate of drug-likeness (QED) is 0.911. The highest BCUT2D eigenvalue weighted by atomic mass is 79.9. The number of amides is 1. The largest absolute Gasteiger partial charge is 0.483 e. The summed E-state index contributed by atoms with van der Waals surface area (Å²) in [6.45, 7) is 1.86. The first-order chi connectivity index (χ1) is 10.1. The first-order valence-corrected chi connectivity index (χ1v) is 6.97. The van der Waals surface area contributed by atoms with Gasteiger partial charge in [0, 0.05) is 18.1 Å². The van der Waals surface area contributed by atoms with Crippen molar-refractivity contribution in [1.82, 2.24) is 9.97 Å². The number of methoxy groups -OCH3 is 1. The van der Waals surface area contributed by atoms with Crippen molar-refractivity contribution in [3.63, 3.8) is 0 Å². The van der Waals surface area contributed by atoms with E-state index in [1.807, 2.05) is 6.92 Å². The van der Waals surface area contributed by atoms with Crippen molar-refractivity contribution in [3.8, 4) is 5.75 Å². The van der Waals surface area contributed by atoms with Gasteiger partial charge in [0.2, 0.25) is 0 Å². The molecular formula is C14H14BrN3O3. The molecule has 0 spiro atoms. The van der Waals surface area contributed by atoms with E-state index in [-0.39, 0.29) is 6.10 Å². The molecule has 7 heteroatoms. The third kappa shape index (κ3) is 4.42. The van der Waals surface area contributed by atoms with E-state index >= 15 is 0 Å². The molecule has 0 radical (unpaired) electrons. The molecule has 1 unspecified atom stereocenters. The average molecular weight is 352 g/mol. The summed E-state index contributed by atoms with van der Waals surface area (Å²) in [5, 5.41) is 2.56. The van der Waals surface area contributed by atoms with Crippen LogP contribution in [0.25, 0.3) is 0 Å². The second-order valence-electron chi connectivity index (χ2n) is 4.16. The van der Waals surface area contributed by atoms with E-state index in [9.17, 15) is 4.79 Å². The lowest BCUT2D eigenvalue weighted by molar-refractivity contribution is 0.187. The Balaban J connectivity index is 1.99. The van der Waals surface area contributed by atoms with Crippen LogP contribution in [0.5, 0.6) is 5.75 Å². The number of hydrogen-bond donors (Lipinski definition) is 1. The fourth-order valence-corrected chi connectivity index (χ4v) is 1.78. The predicted octanol–water partition coefficient (Wildman–Crippen LogP) is 3.56. The summed E-state index contributed by atoms with van der Waals surface area (Å²) in [6, 6.07) is 6.95. The lowest BCUT2D eigenvalue weighted by Gasteiger charge is -2.13. The molecule has 1 aromatic heterocycles. The van der Waals surface area contributed by atoms with Gasteiger partial charge in [-0.3, -0.25) is 5.32 Å². The Bertz CT molecular complexity index is 602. The number of nitrogens with one attached hydrogen (secondary N) is 1. The standard InChI is InChI=1S/C14H14BrN3O3/c1-9(13-16-7-10(15)8-17-13)21-12-5-3-11(4-6-12)18-14(19)20-2/h3-9H,1-2H3,(H,18,19). The number of carbonyl (C=O) groups is 1. The Morgan fingerprint density at radius 3 is 2.43 bits per heavy atom. The lowest BCUT2D eigenvalue weighted by atomic mass is 10.3. The number of carbonyl (C=O) groups excluding carboxylic acids is 1. The molecule has 1 N–H and O–H groups in total. The number of halogens is 1. The van der Waals surface area contributed by atoms with Crippen molar-refractivity contribution in [2.45, 2.75) is 13.0 Å². The van der Waals surface area contributed by atoms with Gasteiger partial charge >= 0.3 is 6.09 Å². The number of rotatable bonds is 4. The van der Waals surface area contributed by atoms with Crippen molar-refractivity contribution in [3.05, 3.63) is 47.0 Å². The van der Waals surface area contributed by atoms with Crippen LogP contribution in [0.15, 0.2) is 41.1 Å². The molecule has 6 nitrogen and oxygen atoms in total. The van der Waals surface area contributed by atoms with E-state index < -0.39 is 6.09 Å². The van der Waals surface area contributed by atoms with Gasteiger partial charge in [0.05, 0.1) is 11.6 Å². The number of aromatic nitrogens is 2. The summed E-state index contributed by atoms with van der Waals surface area (Å²) >= 11 is 3.28. The van der Waals surface area contributed by atoms with Crippen LogP contribution >= 0.6 is 15.9 Å². The minimum atomic E-state index is -0.514. The van der Waals surface area contributed by atoms with Crippen molar-refractivity contribution in [2.75, 3.05) is 12.4 Å². The maximum absolute atomic E-state index is 11.1. The van der Waals surface area contributed by atoms with Crippen LogP contribution in [0.2, 0.25) is 0 Å². The molecule has 0 saturated heterocycles. The normalized spacial score (nSPS) is 11.6. The van der Waals surface area contributed by atoms with E-state index in [4.69, 9.17) is 4.74 Å². The molecule has 2 aromatic rings. The molecule has 0 saturated carbocycles. The molecule has 0 fully saturated rings. The highest BCUT2D eigenvalue weighted by molar-refractivity contribution is 9.10. The molecule has 2 rings (SSSR count). The second kappa shape index (κ2) is 7.03. The van der Waals surface area contributed by atoms with Gasteiger partial charge in [-0.2, -0.15) is 0 Å². The summed E-state index contributed by atoms with van der Waals surface area (Å²) in [5.74, 6) is 1.25. The Morgan fingerprint density at radius 1 is 1.24 bits per heavy atom. The van der Waals surface area contributed by atoms with Crippen LogP contribution in [0.1, 0.15) is 18.9 Å². The van der Waals surface area contributed by atoms with Gasteiger partial charge in [0.1, 0.15) is 5.75 Å². The maximum Gasteiger partial charge on any atom is 0.411 e. The summed E-state index contributed by atoms with van der Waals surface area (Å²) in [7, 11) is 1.31. The fraction of sp³-hybridized carbons (Fsp3) is 0.214. The van der Waals surface area contributed by atoms with Crippen LogP contribution in [0.3, 0.4) is 0 Å². The first-order valence-electron chi connectivity index (χ1n) is 6.17. The van der Waals surface area contributed by atoms with Gasteiger partial charge in [-0.15, -0.1) is 0 Å². The minimum Gasteiger partial charge on any atom is -0.483 e. The molecule has 1 atom stereocenters. The number of ether oxygens (including phenoxy) is 2. The van der Waals surface area contributed by atoms with Crippen LogP contribution in [-0.2, 0) is 4.74 Å². The van der Waals surface area contributed by atoms with Gasteiger partial charge in [-0.05, 0) is 47.1 Å². The van der Waals surface area contributed by atoms with E-state index in [0.29, 0.717) is 17.3 Å². The first kappa shape index (κ1) is 15.2. The van der Waals surface area contributed by atoms with E-state index in [2.05, 4.69) is 36.0 Å². The average Bonchev–Trinajstić information content (AvgIpc) is 2.49. The maximum atomic E-state index is 11.1. The number of benzene rings is 1. The van der Waals surface area contributed by atoms with Gasteiger partial charge < -0.3 is 9.47 Å². The van der Waals surface area contributed by atoms with Crippen molar-refractivity contribution >= 4 is 27.7 Å². The zero-order chi connectivity index (χ0) is 15.2. The van der Waals surface area contributed by atoms with Gasteiger partial charge in [-0.1, -0.05) is 0 Å². The Morgan fingerprint density at radius 2 is 1.86 bits per heavy atom. The minimum absolute atomic E-state index is 0.280. The smallest absolute Gasteiger partial charge is 0.411 e. The zero-order valence-corrected chi connectivity index (χ0v) is 13.1. The number of anilines is 1. The number of nitrogens with zero attached hydrogens (tertiary/aromatic N) is 2. The second-order valence-corrected chi connectivity index (χ2v) is 5.08. The van der Waals surface area contributed by atoms with E-state index in [1.54, 1.807) is 36.7 Å². The highest BCUT2D eigenvalue weighted by Gasteiger charge is 2.10. The zero-order valence-electron chi connectivity index (χ0n) is 11.5. The molecule has 0 bridgehead atoms. The summed E-state index contributed by atoms with van der Waals surface area (Å²) in [4.78, 5) is 19.4. The number of hydrogen-bond acceptors (Lipinski definition) is 5. The van der Waals surface area contributed by atoms with Crippen LogP contribution in [-0.4, -0.2) is 23.2 Å². The predicted molar refractivity (Wildman–Crippen MR) is 81.2 cm³/mol. The van der Waals surface area contributed by atoms with Crippen LogP contribution in [0.4, 0.5) is 10.5 Å². The van der Waals surface area contributed by atoms with E-state index in [1.165, 1.54) is 7.11 Å². The van der Waals surface area contributed by atoms with Crippen molar-refractivity contribution in [1.29, 1.82) is 0 Å². The SMILES string of the molecule is COC(=O)Nc1ccc(OC(C)c2ncc(Br)cn2)cc1. The molecule has 0 aliphatic rings. The topological polar surface area (TPSA) is 73.3 Å². The molecule has 1 heterocycles. The van der Waals surface area contributed by atoms with Gasteiger partial charge in [-0.25, -0.2) is 14.8 Å². The third-order valence-electron chi connectivity index (χ3n) is 2.60. The summed E-state index contributed by atoms with van der Waals surface area (Å²) in [5.41, 5.74) is 0.627. The monoisotopic (exact) mass is 351 g/mol. The Labute approximate surface area is 130 Å². The van der Waals surface area contributed by atoms with Crippen molar-refractivity contribution in [2.24, 2.45) is 0 Å². The Hall–Kier alpha value is -2.15. The van der Waals surface area contributed by atoms with Crippen molar-refractivity contribution < 1.29 is 14.3 Å². The molecule has 21 heavy (non-hydrogen) atoms. The van der Waals surface area contributed by atoms with Crippen LogP contribution in [0, 0.1) is 0 Å². The summed E-state index contributed by atoms with van der Waals surface area (Å²) < 4.78 is 11.1. The third-order valence-corrected chi connectivity index (χ3v) is 3.01. The molecule has 1 amide bonds. The molecule has 110 valence electrons. The fourth-order valence-electron chi connectivity index (χ4n) is 1.57. The molecular weight excluding hydrogens is 338 g/mol. The highest BCUT2D eigenvalue weighted by Crippen LogP contribution is 2.21. The van der Waals surface area contributed by atoms with Gasteiger partial charge in [0.15, 0.2) is 11.9 Å². The van der Waals surface area contributed by atoms with E-state index in [0.717, 1.165) is 4.47 Å². The van der Waals surface area contributed by atoms with Gasteiger partial charge in [0.25, 0.3) is 0 Å². The molecule has 0 aliphatic heterocycles. The molecule has 0 aliphatic carbocycles. The lowest BCUT2D eigenvalue weighted by Crippen LogP contribution is -2.11.